The molecule has 1 unspecified atom stereocenters. The highest BCUT2D eigenvalue weighted by atomic mass is 16.5. The second kappa shape index (κ2) is 6.62. The van der Waals surface area contributed by atoms with E-state index >= 15 is 0 Å². The Hall–Kier alpha value is -2.33. The number of rotatable bonds is 5. The van der Waals surface area contributed by atoms with Crippen molar-refractivity contribution in [1.82, 2.24) is 5.32 Å². The Morgan fingerprint density at radius 2 is 1.95 bits per heavy atom. The van der Waals surface area contributed by atoms with Gasteiger partial charge in [-0.1, -0.05) is 30.3 Å². The highest BCUT2D eigenvalue weighted by molar-refractivity contribution is 5.87. The molecule has 1 heterocycles. The Kier molecular flexibility index (Phi) is 4.39. The van der Waals surface area contributed by atoms with Crippen molar-refractivity contribution in [1.29, 1.82) is 0 Å². The van der Waals surface area contributed by atoms with Crippen LogP contribution in [0.15, 0.2) is 48.5 Å². The predicted molar refractivity (Wildman–Crippen MR) is 84.4 cm³/mol. The first-order chi connectivity index (χ1) is 10.7. The van der Waals surface area contributed by atoms with Gasteiger partial charge >= 0.3 is 5.97 Å². The van der Waals surface area contributed by atoms with Gasteiger partial charge in [0.05, 0.1) is 12.2 Å². The van der Waals surface area contributed by atoms with Crippen molar-refractivity contribution in [2.75, 3.05) is 13.2 Å². The summed E-state index contributed by atoms with van der Waals surface area (Å²) in [6, 6.07) is 15.2. The molecular formula is C18H19NO3. The van der Waals surface area contributed by atoms with Crippen molar-refractivity contribution in [3.8, 4) is 5.75 Å². The Morgan fingerprint density at radius 3 is 2.73 bits per heavy atom. The molecule has 22 heavy (non-hydrogen) atoms. The molecule has 0 amide bonds. The third-order valence-electron chi connectivity index (χ3n) is 4.00. The molecule has 0 saturated carbocycles. The molecule has 0 radical (unpaired) electrons. The van der Waals surface area contributed by atoms with E-state index in [0.717, 1.165) is 37.4 Å². The number of benzene rings is 2. The van der Waals surface area contributed by atoms with E-state index in [9.17, 15) is 4.79 Å². The zero-order chi connectivity index (χ0) is 15.4. The smallest absolute Gasteiger partial charge is 0.335 e. The van der Waals surface area contributed by atoms with Gasteiger partial charge in [0.25, 0.3) is 0 Å². The quantitative estimate of drug-likeness (QED) is 0.890. The summed E-state index contributed by atoms with van der Waals surface area (Å²) >= 11 is 0. The van der Waals surface area contributed by atoms with E-state index in [-0.39, 0.29) is 0 Å². The third kappa shape index (κ3) is 3.28. The fourth-order valence-electron chi connectivity index (χ4n) is 2.78. The van der Waals surface area contributed by atoms with Gasteiger partial charge in [-0.3, -0.25) is 0 Å². The lowest BCUT2D eigenvalue weighted by Crippen LogP contribution is -2.25. The second-order valence-corrected chi connectivity index (χ2v) is 5.50. The van der Waals surface area contributed by atoms with Gasteiger partial charge in [0.15, 0.2) is 0 Å². The van der Waals surface area contributed by atoms with E-state index in [1.165, 1.54) is 5.56 Å². The van der Waals surface area contributed by atoms with Crippen LogP contribution in [0.3, 0.4) is 0 Å². The first-order valence-electron chi connectivity index (χ1n) is 7.49. The Morgan fingerprint density at radius 1 is 1.18 bits per heavy atom. The van der Waals surface area contributed by atoms with Gasteiger partial charge in [-0.05, 0) is 35.7 Å². The number of aromatic carboxylic acids is 1. The molecule has 0 aliphatic carbocycles. The lowest BCUT2D eigenvalue weighted by Gasteiger charge is -2.26. The van der Waals surface area contributed by atoms with Gasteiger partial charge in [-0.15, -0.1) is 0 Å². The molecule has 4 nitrogen and oxygen atoms in total. The first-order valence-corrected chi connectivity index (χ1v) is 7.49. The average molecular weight is 297 g/mol. The molecule has 4 heteroatoms. The minimum absolute atomic E-state index is 0.321. The normalized spacial score (nSPS) is 16.6. The zero-order valence-corrected chi connectivity index (χ0v) is 12.3. The molecule has 2 N–H and O–H groups in total. The number of hydrogen-bond acceptors (Lipinski definition) is 3. The number of carboxylic acid groups (broad SMARTS) is 1. The van der Waals surface area contributed by atoms with Crippen LogP contribution in [0.2, 0.25) is 0 Å². The topological polar surface area (TPSA) is 58.6 Å². The molecule has 0 fully saturated rings. The summed E-state index contributed by atoms with van der Waals surface area (Å²) < 4.78 is 5.67. The van der Waals surface area contributed by atoms with Gasteiger partial charge in [-0.2, -0.15) is 0 Å². The molecule has 0 aromatic heterocycles. The van der Waals surface area contributed by atoms with Gasteiger partial charge in [0.2, 0.25) is 0 Å². The summed E-state index contributed by atoms with van der Waals surface area (Å²) in [5, 5.41) is 12.3. The molecular weight excluding hydrogens is 278 g/mol. The van der Waals surface area contributed by atoms with E-state index in [1.807, 2.05) is 30.3 Å². The van der Waals surface area contributed by atoms with Crippen LogP contribution in [-0.4, -0.2) is 24.2 Å². The molecule has 1 atom stereocenters. The highest BCUT2D eigenvalue weighted by Gasteiger charge is 2.20. The van der Waals surface area contributed by atoms with E-state index in [2.05, 4.69) is 11.4 Å². The van der Waals surface area contributed by atoms with Crippen LogP contribution in [0, 0.1) is 0 Å². The minimum Gasteiger partial charge on any atom is -0.493 e. The number of fused-ring (bicyclic) bond motifs is 1. The van der Waals surface area contributed by atoms with Gasteiger partial charge < -0.3 is 15.2 Å². The molecule has 1 aliphatic heterocycles. The maximum Gasteiger partial charge on any atom is 0.335 e. The summed E-state index contributed by atoms with van der Waals surface area (Å²) in [6.07, 6.45) is 1.02. The maximum absolute atomic E-state index is 10.8. The monoisotopic (exact) mass is 297 g/mol. The van der Waals surface area contributed by atoms with Crippen molar-refractivity contribution in [3.05, 3.63) is 65.2 Å². The first kappa shape index (κ1) is 14.6. The number of carboxylic acids is 1. The average Bonchev–Trinajstić information content (AvgIpc) is 2.55. The molecule has 0 spiro atoms. The summed E-state index contributed by atoms with van der Waals surface area (Å²) in [5.41, 5.74) is 2.68. The number of nitrogens with one attached hydrogen (secondary N) is 1. The van der Waals surface area contributed by atoms with Crippen LogP contribution in [-0.2, 0) is 6.54 Å². The van der Waals surface area contributed by atoms with E-state index < -0.39 is 5.97 Å². The fourth-order valence-corrected chi connectivity index (χ4v) is 2.78. The molecule has 2 aromatic rings. The Bertz CT molecular complexity index is 652. The van der Waals surface area contributed by atoms with Crippen LogP contribution >= 0.6 is 0 Å². The summed E-state index contributed by atoms with van der Waals surface area (Å²) in [5.74, 6) is 0.563. The fraction of sp³-hybridized carbons (Fsp3) is 0.278. The van der Waals surface area contributed by atoms with Gasteiger partial charge in [0.1, 0.15) is 5.75 Å². The van der Waals surface area contributed by atoms with Crippen molar-refractivity contribution < 1.29 is 14.6 Å². The van der Waals surface area contributed by atoms with Crippen molar-refractivity contribution in [2.45, 2.75) is 18.9 Å². The molecule has 0 bridgehead atoms. The Labute approximate surface area is 129 Å². The van der Waals surface area contributed by atoms with Crippen LogP contribution in [0.4, 0.5) is 0 Å². The zero-order valence-electron chi connectivity index (χ0n) is 12.3. The SMILES string of the molecule is O=C(O)c1ccc(CNCC2CCOc3ccccc32)cc1. The molecule has 2 aromatic carbocycles. The largest absolute Gasteiger partial charge is 0.493 e. The standard InChI is InChI=1S/C18H19NO3/c20-18(21)14-7-5-13(6-8-14)11-19-12-15-9-10-22-17-4-2-1-3-16(15)17/h1-8,15,19H,9-12H2,(H,20,21). The minimum atomic E-state index is -0.890. The molecule has 3 rings (SSSR count). The Balaban J connectivity index is 1.56. The number of carbonyl (C=O) groups is 1. The number of hydrogen-bond donors (Lipinski definition) is 2. The van der Waals surface area contributed by atoms with Crippen LogP contribution in [0.1, 0.15) is 33.8 Å². The summed E-state index contributed by atoms with van der Waals surface area (Å²) in [4.78, 5) is 10.8. The maximum atomic E-state index is 10.8. The van der Waals surface area contributed by atoms with Gasteiger partial charge in [0, 0.05) is 19.0 Å². The van der Waals surface area contributed by atoms with E-state index in [1.54, 1.807) is 12.1 Å². The van der Waals surface area contributed by atoms with Crippen LogP contribution in [0.25, 0.3) is 0 Å². The lowest BCUT2D eigenvalue weighted by atomic mass is 9.93. The predicted octanol–water partition coefficient (Wildman–Crippen LogP) is 3.04. The third-order valence-corrected chi connectivity index (χ3v) is 4.00. The van der Waals surface area contributed by atoms with E-state index in [0.29, 0.717) is 11.5 Å². The van der Waals surface area contributed by atoms with Crippen molar-refractivity contribution in [3.63, 3.8) is 0 Å². The lowest BCUT2D eigenvalue weighted by molar-refractivity contribution is 0.0697. The molecule has 1 aliphatic rings. The van der Waals surface area contributed by atoms with Gasteiger partial charge in [-0.25, -0.2) is 4.79 Å². The summed E-state index contributed by atoms with van der Waals surface area (Å²) in [7, 11) is 0. The molecule has 114 valence electrons. The summed E-state index contributed by atoms with van der Waals surface area (Å²) in [6.45, 7) is 2.39. The van der Waals surface area contributed by atoms with E-state index in [4.69, 9.17) is 9.84 Å². The molecule has 0 saturated heterocycles. The van der Waals surface area contributed by atoms with Crippen molar-refractivity contribution >= 4 is 5.97 Å². The van der Waals surface area contributed by atoms with Crippen molar-refractivity contribution in [2.24, 2.45) is 0 Å². The highest BCUT2D eigenvalue weighted by Crippen LogP contribution is 2.32. The number of para-hydroxylation sites is 1. The second-order valence-electron chi connectivity index (χ2n) is 5.50. The van der Waals surface area contributed by atoms with Crippen LogP contribution in [0.5, 0.6) is 5.75 Å². The number of ether oxygens (including phenoxy) is 1. The van der Waals surface area contributed by atoms with Crippen LogP contribution < -0.4 is 10.1 Å².